The van der Waals surface area contributed by atoms with Crippen LogP contribution < -0.4 is 14.2 Å². The second kappa shape index (κ2) is 8.75. The van der Waals surface area contributed by atoms with E-state index in [0.717, 1.165) is 42.7 Å². The van der Waals surface area contributed by atoms with Gasteiger partial charge in [-0.15, -0.1) is 0 Å². The Morgan fingerprint density at radius 1 is 1.07 bits per heavy atom. The molecule has 1 aromatic carbocycles. The Balaban J connectivity index is 1.93. The van der Waals surface area contributed by atoms with Crippen LogP contribution in [-0.4, -0.2) is 43.2 Å². The largest absolute Gasteiger partial charge is 0.497 e. The summed E-state index contributed by atoms with van der Waals surface area (Å²) in [6, 6.07) is 9.30. The number of amides is 1. The van der Waals surface area contributed by atoms with Gasteiger partial charge in [-0.2, -0.15) is 0 Å². The van der Waals surface area contributed by atoms with E-state index in [1.807, 2.05) is 23.1 Å². The monoisotopic (exact) mass is 370 g/mol. The van der Waals surface area contributed by atoms with E-state index >= 15 is 0 Å². The van der Waals surface area contributed by atoms with E-state index in [2.05, 4.69) is 4.98 Å². The van der Waals surface area contributed by atoms with Gasteiger partial charge in [0.05, 0.1) is 27.9 Å². The number of aromatic nitrogens is 1. The van der Waals surface area contributed by atoms with Crippen molar-refractivity contribution in [3.05, 3.63) is 47.7 Å². The SMILES string of the molecule is COc1ccc(OC)c(CN(C(=O)c2ccnc(OC)c2)C2CCCC2)c1. The molecular formula is C21H26N2O4. The third-order valence-corrected chi connectivity index (χ3v) is 5.05. The molecule has 0 aliphatic heterocycles. The Hall–Kier alpha value is -2.76. The third-order valence-electron chi connectivity index (χ3n) is 5.05. The molecule has 1 aliphatic carbocycles. The van der Waals surface area contributed by atoms with Crippen LogP contribution in [0.2, 0.25) is 0 Å². The summed E-state index contributed by atoms with van der Waals surface area (Å²) in [6.45, 7) is 0.467. The molecule has 1 amide bonds. The fraction of sp³-hybridized carbons (Fsp3) is 0.429. The van der Waals surface area contributed by atoms with Gasteiger partial charge in [0.2, 0.25) is 5.88 Å². The van der Waals surface area contributed by atoms with Crippen LogP contribution in [0.5, 0.6) is 17.4 Å². The van der Waals surface area contributed by atoms with Crippen LogP contribution in [0, 0.1) is 0 Å². The Morgan fingerprint density at radius 3 is 2.52 bits per heavy atom. The zero-order valence-electron chi connectivity index (χ0n) is 16.1. The van der Waals surface area contributed by atoms with Crippen molar-refractivity contribution >= 4 is 5.91 Å². The summed E-state index contributed by atoms with van der Waals surface area (Å²) in [5.74, 6) is 1.91. The highest BCUT2D eigenvalue weighted by atomic mass is 16.5. The van der Waals surface area contributed by atoms with Crippen molar-refractivity contribution in [3.63, 3.8) is 0 Å². The lowest BCUT2D eigenvalue weighted by atomic mass is 10.1. The second-order valence-corrected chi connectivity index (χ2v) is 6.64. The number of benzene rings is 1. The minimum atomic E-state index is -0.0209. The second-order valence-electron chi connectivity index (χ2n) is 6.64. The number of pyridine rings is 1. The first kappa shape index (κ1) is 19.0. The maximum atomic E-state index is 13.3. The van der Waals surface area contributed by atoms with E-state index in [0.29, 0.717) is 18.0 Å². The van der Waals surface area contributed by atoms with Gasteiger partial charge >= 0.3 is 0 Å². The van der Waals surface area contributed by atoms with Gasteiger partial charge in [0.25, 0.3) is 5.91 Å². The van der Waals surface area contributed by atoms with E-state index in [1.54, 1.807) is 39.7 Å². The van der Waals surface area contributed by atoms with Gasteiger partial charge in [0.1, 0.15) is 11.5 Å². The first-order valence-corrected chi connectivity index (χ1v) is 9.18. The molecule has 0 saturated heterocycles. The first-order chi connectivity index (χ1) is 13.2. The molecule has 1 saturated carbocycles. The van der Waals surface area contributed by atoms with Gasteiger partial charge in [-0.25, -0.2) is 4.98 Å². The molecule has 1 heterocycles. The van der Waals surface area contributed by atoms with Crippen molar-refractivity contribution in [2.75, 3.05) is 21.3 Å². The number of carbonyl (C=O) groups is 1. The average molecular weight is 370 g/mol. The number of hydrogen-bond acceptors (Lipinski definition) is 5. The highest BCUT2D eigenvalue weighted by molar-refractivity contribution is 5.94. The molecule has 144 valence electrons. The smallest absolute Gasteiger partial charge is 0.254 e. The summed E-state index contributed by atoms with van der Waals surface area (Å²) in [7, 11) is 4.82. The van der Waals surface area contributed by atoms with Crippen molar-refractivity contribution in [1.29, 1.82) is 0 Å². The summed E-state index contributed by atoms with van der Waals surface area (Å²) >= 11 is 0. The topological polar surface area (TPSA) is 60.9 Å². The normalized spacial score (nSPS) is 14.0. The molecule has 0 spiro atoms. The van der Waals surface area contributed by atoms with Crippen LogP contribution in [-0.2, 0) is 6.54 Å². The molecule has 1 aliphatic rings. The molecule has 0 N–H and O–H groups in total. The van der Waals surface area contributed by atoms with Crippen LogP contribution >= 0.6 is 0 Å². The zero-order valence-corrected chi connectivity index (χ0v) is 16.1. The Bertz CT molecular complexity index is 788. The van der Waals surface area contributed by atoms with Crippen molar-refractivity contribution < 1.29 is 19.0 Å². The summed E-state index contributed by atoms with van der Waals surface area (Å²) < 4.78 is 16.0. The Kier molecular flexibility index (Phi) is 6.16. The molecule has 27 heavy (non-hydrogen) atoms. The summed E-state index contributed by atoms with van der Waals surface area (Å²) in [5, 5.41) is 0. The van der Waals surface area contributed by atoms with Gasteiger partial charge in [0, 0.05) is 29.4 Å². The van der Waals surface area contributed by atoms with Crippen molar-refractivity contribution in [2.45, 2.75) is 38.3 Å². The van der Waals surface area contributed by atoms with E-state index in [-0.39, 0.29) is 11.9 Å². The van der Waals surface area contributed by atoms with Crippen molar-refractivity contribution in [2.24, 2.45) is 0 Å². The van der Waals surface area contributed by atoms with E-state index in [1.165, 1.54) is 0 Å². The lowest BCUT2D eigenvalue weighted by molar-refractivity contribution is 0.0662. The minimum Gasteiger partial charge on any atom is -0.497 e. The van der Waals surface area contributed by atoms with Crippen molar-refractivity contribution in [1.82, 2.24) is 9.88 Å². The Morgan fingerprint density at radius 2 is 1.85 bits per heavy atom. The fourth-order valence-corrected chi connectivity index (χ4v) is 3.59. The van der Waals surface area contributed by atoms with E-state index in [9.17, 15) is 4.79 Å². The molecule has 3 rings (SSSR count). The number of methoxy groups -OCH3 is 3. The zero-order chi connectivity index (χ0) is 19.2. The van der Waals surface area contributed by atoms with Gasteiger partial charge in [0.15, 0.2) is 0 Å². The van der Waals surface area contributed by atoms with Gasteiger partial charge in [-0.05, 0) is 37.1 Å². The predicted octanol–water partition coefficient (Wildman–Crippen LogP) is 3.69. The predicted molar refractivity (Wildman–Crippen MR) is 102 cm³/mol. The van der Waals surface area contributed by atoms with E-state index < -0.39 is 0 Å². The van der Waals surface area contributed by atoms with E-state index in [4.69, 9.17) is 14.2 Å². The summed E-state index contributed by atoms with van der Waals surface area (Å²) in [6.07, 6.45) is 5.91. The highest BCUT2D eigenvalue weighted by Crippen LogP contribution is 2.31. The Labute approximate surface area is 160 Å². The standard InChI is InChI=1S/C21H26N2O4/c1-25-18-8-9-19(26-2)16(12-18)14-23(17-6-4-5-7-17)21(24)15-10-11-22-20(13-15)27-3/h8-13,17H,4-7,14H2,1-3H3. The molecular weight excluding hydrogens is 344 g/mol. The number of carbonyl (C=O) groups excluding carboxylic acids is 1. The third kappa shape index (κ3) is 4.32. The van der Waals surface area contributed by atoms with Crippen LogP contribution in [0.4, 0.5) is 0 Å². The number of ether oxygens (including phenoxy) is 3. The lowest BCUT2D eigenvalue weighted by Crippen LogP contribution is -2.38. The quantitative estimate of drug-likeness (QED) is 0.744. The van der Waals surface area contributed by atoms with Gasteiger partial charge in [-0.1, -0.05) is 12.8 Å². The van der Waals surface area contributed by atoms with Crippen LogP contribution in [0.1, 0.15) is 41.6 Å². The highest BCUT2D eigenvalue weighted by Gasteiger charge is 2.28. The number of rotatable bonds is 7. The molecule has 2 aromatic rings. The molecule has 6 nitrogen and oxygen atoms in total. The molecule has 0 atom stereocenters. The van der Waals surface area contributed by atoms with Crippen LogP contribution in [0.3, 0.4) is 0 Å². The number of nitrogens with zero attached hydrogens (tertiary/aromatic N) is 2. The molecule has 0 unspecified atom stereocenters. The fourth-order valence-electron chi connectivity index (χ4n) is 3.59. The summed E-state index contributed by atoms with van der Waals surface area (Å²) in [5.41, 5.74) is 1.51. The van der Waals surface area contributed by atoms with Crippen LogP contribution in [0.25, 0.3) is 0 Å². The van der Waals surface area contributed by atoms with Crippen molar-refractivity contribution in [3.8, 4) is 17.4 Å². The minimum absolute atomic E-state index is 0.0209. The molecule has 1 fully saturated rings. The number of hydrogen-bond donors (Lipinski definition) is 0. The van der Waals surface area contributed by atoms with Gasteiger partial charge < -0.3 is 19.1 Å². The molecule has 0 radical (unpaired) electrons. The van der Waals surface area contributed by atoms with Gasteiger partial charge in [-0.3, -0.25) is 4.79 Å². The van der Waals surface area contributed by atoms with Crippen LogP contribution in [0.15, 0.2) is 36.5 Å². The summed E-state index contributed by atoms with van der Waals surface area (Å²) in [4.78, 5) is 19.4. The maximum Gasteiger partial charge on any atom is 0.254 e. The first-order valence-electron chi connectivity index (χ1n) is 9.18. The lowest BCUT2D eigenvalue weighted by Gasteiger charge is -2.30. The molecule has 6 heteroatoms. The average Bonchev–Trinajstić information content (AvgIpc) is 3.25. The molecule has 1 aromatic heterocycles. The molecule has 0 bridgehead atoms. The maximum absolute atomic E-state index is 13.3.